The first kappa shape index (κ1) is 14.7. The standard InChI is InChI=1S/C15H14Cl2N2O/c1-10(11-5-3-2-4-6-11)18-15(20)19-14-8-12(16)7-13(17)9-14/h2-10H,1H3,(H2,18,19,20)/t10-/m0/s1. The number of rotatable bonds is 3. The summed E-state index contributed by atoms with van der Waals surface area (Å²) in [4.78, 5) is 11.9. The number of hydrogen-bond acceptors (Lipinski definition) is 1. The molecule has 0 bridgehead atoms. The Hall–Kier alpha value is -1.71. The highest BCUT2D eigenvalue weighted by Gasteiger charge is 2.09. The van der Waals surface area contributed by atoms with Gasteiger partial charge in [0.15, 0.2) is 0 Å². The molecule has 0 saturated carbocycles. The van der Waals surface area contributed by atoms with Crippen molar-refractivity contribution in [2.75, 3.05) is 5.32 Å². The monoisotopic (exact) mass is 308 g/mol. The minimum absolute atomic E-state index is 0.0918. The fourth-order valence-electron chi connectivity index (χ4n) is 1.81. The summed E-state index contributed by atoms with van der Waals surface area (Å²) in [6, 6.07) is 14.2. The van der Waals surface area contributed by atoms with Gasteiger partial charge < -0.3 is 10.6 Å². The Morgan fingerprint density at radius 1 is 1.05 bits per heavy atom. The Bertz CT molecular complexity index is 582. The predicted molar refractivity (Wildman–Crippen MR) is 83.5 cm³/mol. The Balaban J connectivity index is 1.99. The lowest BCUT2D eigenvalue weighted by molar-refractivity contribution is 0.249. The molecule has 3 nitrogen and oxygen atoms in total. The van der Waals surface area contributed by atoms with E-state index < -0.39 is 0 Å². The molecule has 2 aromatic rings. The number of amides is 2. The molecule has 0 unspecified atom stereocenters. The van der Waals surface area contributed by atoms with E-state index in [2.05, 4.69) is 10.6 Å². The van der Waals surface area contributed by atoms with Crippen molar-refractivity contribution in [3.8, 4) is 0 Å². The Morgan fingerprint density at radius 3 is 2.25 bits per heavy atom. The maximum absolute atomic E-state index is 11.9. The van der Waals surface area contributed by atoms with Gasteiger partial charge in [0.2, 0.25) is 0 Å². The van der Waals surface area contributed by atoms with E-state index in [0.717, 1.165) is 5.56 Å². The van der Waals surface area contributed by atoms with Gasteiger partial charge in [-0.3, -0.25) is 0 Å². The molecule has 1 atom stereocenters. The van der Waals surface area contributed by atoms with Crippen LogP contribution in [0.4, 0.5) is 10.5 Å². The van der Waals surface area contributed by atoms with Crippen molar-refractivity contribution in [2.24, 2.45) is 0 Å². The van der Waals surface area contributed by atoms with Crippen molar-refractivity contribution in [1.29, 1.82) is 0 Å². The SMILES string of the molecule is C[C@H](NC(=O)Nc1cc(Cl)cc(Cl)c1)c1ccccc1. The van der Waals surface area contributed by atoms with Crippen LogP contribution in [0.25, 0.3) is 0 Å². The van der Waals surface area contributed by atoms with Crippen molar-refractivity contribution in [3.63, 3.8) is 0 Å². The average molecular weight is 309 g/mol. The van der Waals surface area contributed by atoms with Crippen molar-refractivity contribution in [1.82, 2.24) is 5.32 Å². The largest absolute Gasteiger partial charge is 0.331 e. The first-order valence-corrected chi connectivity index (χ1v) is 6.89. The summed E-state index contributed by atoms with van der Waals surface area (Å²) in [6.45, 7) is 1.92. The molecule has 0 aromatic heterocycles. The molecule has 0 fully saturated rings. The van der Waals surface area contributed by atoms with E-state index in [1.165, 1.54) is 0 Å². The number of carbonyl (C=O) groups excluding carboxylic acids is 1. The number of halogens is 2. The summed E-state index contributed by atoms with van der Waals surface area (Å²) >= 11 is 11.8. The summed E-state index contributed by atoms with van der Waals surface area (Å²) in [5, 5.41) is 6.50. The molecule has 0 saturated heterocycles. The van der Waals surface area contributed by atoms with Crippen LogP contribution in [0.1, 0.15) is 18.5 Å². The molecule has 2 aromatic carbocycles. The zero-order valence-electron chi connectivity index (χ0n) is 10.9. The lowest BCUT2D eigenvalue weighted by Crippen LogP contribution is -2.31. The molecule has 2 N–H and O–H groups in total. The van der Waals surface area contributed by atoms with Crippen LogP contribution in [0.5, 0.6) is 0 Å². The van der Waals surface area contributed by atoms with Crippen LogP contribution in [0, 0.1) is 0 Å². The smallest absolute Gasteiger partial charge is 0.319 e. The van der Waals surface area contributed by atoms with Crippen LogP contribution >= 0.6 is 23.2 Å². The van der Waals surface area contributed by atoms with Gasteiger partial charge in [-0.1, -0.05) is 53.5 Å². The van der Waals surface area contributed by atoms with E-state index in [-0.39, 0.29) is 12.1 Å². The van der Waals surface area contributed by atoms with Crippen LogP contribution < -0.4 is 10.6 Å². The zero-order chi connectivity index (χ0) is 14.5. The third kappa shape index (κ3) is 4.15. The first-order valence-electron chi connectivity index (χ1n) is 6.13. The van der Waals surface area contributed by atoms with Gasteiger partial charge in [-0.25, -0.2) is 4.79 Å². The Morgan fingerprint density at radius 2 is 1.65 bits per heavy atom. The fourth-order valence-corrected chi connectivity index (χ4v) is 2.34. The van der Waals surface area contributed by atoms with E-state index in [4.69, 9.17) is 23.2 Å². The molecular weight excluding hydrogens is 295 g/mol. The summed E-state index contributed by atoms with van der Waals surface area (Å²) < 4.78 is 0. The van der Waals surface area contributed by atoms with Crippen LogP contribution in [-0.2, 0) is 0 Å². The van der Waals surface area contributed by atoms with E-state index in [0.29, 0.717) is 15.7 Å². The molecule has 0 aliphatic heterocycles. The van der Waals surface area contributed by atoms with Crippen LogP contribution in [-0.4, -0.2) is 6.03 Å². The lowest BCUT2D eigenvalue weighted by atomic mass is 10.1. The number of hydrogen-bond donors (Lipinski definition) is 2. The summed E-state index contributed by atoms with van der Waals surface area (Å²) in [5.74, 6) is 0. The number of nitrogens with one attached hydrogen (secondary N) is 2. The summed E-state index contributed by atoms with van der Waals surface area (Å²) in [7, 11) is 0. The molecule has 0 aliphatic carbocycles. The van der Waals surface area contributed by atoms with Gasteiger partial charge in [-0.05, 0) is 30.7 Å². The maximum Gasteiger partial charge on any atom is 0.319 e. The number of urea groups is 1. The Labute approximate surface area is 127 Å². The topological polar surface area (TPSA) is 41.1 Å². The Kier molecular flexibility index (Phi) is 4.88. The summed E-state index contributed by atoms with van der Waals surface area (Å²) in [6.07, 6.45) is 0. The van der Waals surface area contributed by atoms with Crippen molar-refractivity contribution < 1.29 is 4.79 Å². The maximum atomic E-state index is 11.9. The lowest BCUT2D eigenvalue weighted by Gasteiger charge is -2.15. The van der Waals surface area contributed by atoms with Crippen LogP contribution in [0.15, 0.2) is 48.5 Å². The van der Waals surface area contributed by atoms with Gasteiger partial charge in [0.1, 0.15) is 0 Å². The van der Waals surface area contributed by atoms with Crippen molar-refractivity contribution in [3.05, 3.63) is 64.1 Å². The van der Waals surface area contributed by atoms with Gasteiger partial charge in [0.25, 0.3) is 0 Å². The summed E-state index contributed by atoms with van der Waals surface area (Å²) in [5.41, 5.74) is 1.59. The highest BCUT2D eigenvalue weighted by atomic mass is 35.5. The number of benzene rings is 2. The van der Waals surface area contributed by atoms with Crippen molar-refractivity contribution in [2.45, 2.75) is 13.0 Å². The molecule has 2 rings (SSSR count). The van der Waals surface area contributed by atoms with Gasteiger partial charge in [0.05, 0.1) is 6.04 Å². The number of anilines is 1. The second-order valence-corrected chi connectivity index (χ2v) is 5.26. The molecule has 5 heteroatoms. The molecule has 0 aliphatic rings. The molecule has 104 valence electrons. The second kappa shape index (κ2) is 6.64. The molecule has 0 spiro atoms. The third-order valence-electron chi connectivity index (χ3n) is 2.77. The minimum Gasteiger partial charge on any atom is -0.331 e. The highest BCUT2D eigenvalue weighted by Crippen LogP contribution is 2.22. The van der Waals surface area contributed by atoms with Gasteiger partial charge in [-0.2, -0.15) is 0 Å². The van der Waals surface area contributed by atoms with Crippen LogP contribution in [0.3, 0.4) is 0 Å². The van der Waals surface area contributed by atoms with Gasteiger partial charge in [0, 0.05) is 15.7 Å². The molecule has 2 amide bonds. The minimum atomic E-state index is -0.306. The van der Waals surface area contributed by atoms with Crippen molar-refractivity contribution >= 4 is 34.9 Å². The molecule has 0 heterocycles. The fraction of sp³-hybridized carbons (Fsp3) is 0.133. The van der Waals surface area contributed by atoms with Gasteiger partial charge in [-0.15, -0.1) is 0 Å². The van der Waals surface area contributed by atoms with E-state index in [9.17, 15) is 4.79 Å². The van der Waals surface area contributed by atoms with Crippen LogP contribution in [0.2, 0.25) is 10.0 Å². The molecule has 20 heavy (non-hydrogen) atoms. The highest BCUT2D eigenvalue weighted by molar-refractivity contribution is 6.35. The first-order chi connectivity index (χ1) is 9.54. The number of carbonyl (C=O) groups is 1. The second-order valence-electron chi connectivity index (χ2n) is 4.39. The predicted octanol–water partition coefficient (Wildman–Crippen LogP) is 4.88. The normalized spacial score (nSPS) is 11.8. The molecular formula is C15H14Cl2N2O. The van der Waals surface area contributed by atoms with Gasteiger partial charge >= 0.3 is 6.03 Å². The zero-order valence-corrected chi connectivity index (χ0v) is 12.4. The average Bonchev–Trinajstić information content (AvgIpc) is 2.38. The van der Waals surface area contributed by atoms with E-state index >= 15 is 0 Å². The van der Waals surface area contributed by atoms with E-state index in [1.54, 1.807) is 18.2 Å². The van der Waals surface area contributed by atoms with E-state index in [1.807, 2.05) is 37.3 Å². The molecule has 0 radical (unpaired) electrons. The third-order valence-corrected chi connectivity index (χ3v) is 3.20. The quantitative estimate of drug-likeness (QED) is 0.834.